The van der Waals surface area contributed by atoms with Gasteiger partial charge in [0.25, 0.3) is 0 Å². The summed E-state index contributed by atoms with van der Waals surface area (Å²) in [6, 6.07) is 5.96. The van der Waals surface area contributed by atoms with E-state index in [1.54, 1.807) is 39.8 Å². The van der Waals surface area contributed by atoms with E-state index in [1.807, 2.05) is 0 Å². The van der Waals surface area contributed by atoms with Gasteiger partial charge in [-0.1, -0.05) is 12.1 Å². The molecule has 2 amide bonds. The first-order valence-electron chi connectivity index (χ1n) is 7.86. The molecule has 0 spiro atoms. The van der Waals surface area contributed by atoms with Crippen LogP contribution < -0.4 is 10.6 Å². The lowest BCUT2D eigenvalue weighted by atomic mass is 10.1. The number of amides is 2. The smallest absolute Gasteiger partial charge is 0.407 e. The Bertz CT molecular complexity index is 589. The van der Waals surface area contributed by atoms with Crippen molar-refractivity contribution in [2.45, 2.75) is 39.7 Å². The first-order chi connectivity index (χ1) is 11.2. The molecule has 1 rings (SSSR count). The lowest BCUT2D eigenvalue weighted by Crippen LogP contribution is -2.34. The molecule has 5 nitrogen and oxygen atoms in total. The van der Waals surface area contributed by atoms with Crippen LogP contribution in [0.1, 0.15) is 39.7 Å². The number of halogens is 1. The number of rotatable bonds is 6. The Hall–Kier alpha value is -2.37. The number of hydrogen-bond donors (Lipinski definition) is 2. The lowest BCUT2D eigenvalue weighted by molar-refractivity contribution is -0.116. The van der Waals surface area contributed by atoms with Crippen LogP contribution in [0.25, 0.3) is 5.57 Å². The van der Waals surface area contributed by atoms with Crippen LogP contribution in [0.15, 0.2) is 30.3 Å². The number of nitrogens with one attached hydrogen (secondary N) is 2. The standard InChI is InChI=1S/C18H25FN2O3/c1-13(14-6-8-15(19)9-7-14)12-16(22)20-10-5-11-21-17(23)24-18(2,3)4/h6-9,12H,5,10-11H2,1-4H3,(H,20,22)(H,21,23)/b13-12-. The van der Waals surface area contributed by atoms with Gasteiger partial charge in [0.2, 0.25) is 5.91 Å². The van der Waals surface area contributed by atoms with Gasteiger partial charge in [-0.05, 0) is 57.4 Å². The van der Waals surface area contributed by atoms with Gasteiger partial charge in [0.1, 0.15) is 11.4 Å². The molecule has 1 aromatic rings. The molecule has 0 aromatic heterocycles. The molecule has 2 N–H and O–H groups in total. The van der Waals surface area contributed by atoms with Gasteiger partial charge in [-0.2, -0.15) is 0 Å². The van der Waals surface area contributed by atoms with Crippen LogP contribution in [0.2, 0.25) is 0 Å². The maximum absolute atomic E-state index is 12.9. The number of ether oxygens (including phenoxy) is 1. The average molecular weight is 336 g/mol. The van der Waals surface area contributed by atoms with Crippen molar-refractivity contribution in [2.75, 3.05) is 13.1 Å². The number of carbonyl (C=O) groups is 2. The molecule has 0 atom stereocenters. The van der Waals surface area contributed by atoms with Crippen molar-refractivity contribution in [2.24, 2.45) is 0 Å². The van der Waals surface area contributed by atoms with E-state index in [0.29, 0.717) is 19.5 Å². The zero-order chi connectivity index (χ0) is 18.2. The van der Waals surface area contributed by atoms with Crippen LogP contribution in [-0.2, 0) is 9.53 Å². The molecule has 0 aliphatic rings. The van der Waals surface area contributed by atoms with Gasteiger partial charge >= 0.3 is 6.09 Å². The van der Waals surface area contributed by atoms with E-state index in [4.69, 9.17) is 4.74 Å². The van der Waals surface area contributed by atoms with Gasteiger partial charge in [0.05, 0.1) is 0 Å². The predicted octanol–water partition coefficient (Wildman–Crippen LogP) is 3.26. The highest BCUT2D eigenvalue weighted by atomic mass is 19.1. The Labute approximate surface area is 142 Å². The van der Waals surface area contributed by atoms with Crippen molar-refractivity contribution in [1.82, 2.24) is 10.6 Å². The molecule has 1 aromatic carbocycles. The molecule has 0 heterocycles. The van der Waals surface area contributed by atoms with Crippen LogP contribution in [0.4, 0.5) is 9.18 Å². The van der Waals surface area contributed by atoms with Gasteiger partial charge in [0, 0.05) is 19.2 Å². The number of hydrogen-bond acceptors (Lipinski definition) is 3. The minimum atomic E-state index is -0.527. The first kappa shape index (κ1) is 19.7. The second-order valence-electron chi connectivity index (χ2n) is 6.41. The first-order valence-corrected chi connectivity index (χ1v) is 7.86. The summed E-state index contributed by atoms with van der Waals surface area (Å²) in [4.78, 5) is 23.2. The molecule has 0 bridgehead atoms. The molecular weight excluding hydrogens is 311 g/mol. The fourth-order valence-corrected chi connectivity index (χ4v) is 1.85. The van der Waals surface area contributed by atoms with E-state index >= 15 is 0 Å². The van der Waals surface area contributed by atoms with E-state index < -0.39 is 11.7 Å². The van der Waals surface area contributed by atoms with Gasteiger partial charge in [-0.3, -0.25) is 4.79 Å². The Balaban J connectivity index is 2.28. The summed E-state index contributed by atoms with van der Waals surface area (Å²) in [5, 5.41) is 5.36. The second-order valence-corrected chi connectivity index (χ2v) is 6.41. The molecule has 0 saturated carbocycles. The van der Waals surface area contributed by atoms with Crippen molar-refractivity contribution in [3.05, 3.63) is 41.7 Å². The maximum atomic E-state index is 12.9. The predicted molar refractivity (Wildman–Crippen MR) is 91.9 cm³/mol. The van der Waals surface area contributed by atoms with E-state index in [-0.39, 0.29) is 11.7 Å². The molecule has 0 aliphatic carbocycles. The zero-order valence-corrected chi connectivity index (χ0v) is 14.6. The van der Waals surface area contributed by atoms with Crippen LogP contribution in [-0.4, -0.2) is 30.7 Å². The van der Waals surface area contributed by atoms with Crippen LogP contribution >= 0.6 is 0 Å². The largest absolute Gasteiger partial charge is 0.444 e. The van der Waals surface area contributed by atoms with Crippen LogP contribution in [0.5, 0.6) is 0 Å². The lowest BCUT2D eigenvalue weighted by Gasteiger charge is -2.19. The molecule has 0 saturated heterocycles. The highest BCUT2D eigenvalue weighted by Gasteiger charge is 2.15. The van der Waals surface area contributed by atoms with Crippen molar-refractivity contribution in [3.63, 3.8) is 0 Å². The summed E-state index contributed by atoms with van der Waals surface area (Å²) in [6.07, 6.45) is 1.59. The number of allylic oxidation sites excluding steroid dienone is 1. The quantitative estimate of drug-likeness (QED) is 0.619. The molecule has 6 heteroatoms. The minimum Gasteiger partial charge on any atom is -0.444 e. The Kier molecular flexibility index (Phi) is 7.42. The molecular formula is C18H25FN2O3. The number of carbonyl (C=O) groups excluding carboxylic acids is 2. The summed E-state index contributed by atoms with van der Waals surface area (Å²) < 4.78 is 18.0. The normalized spacial score (nSPS) is 11.8. The van der Waals surface area contributed by atoms with Gasteiger partial charge in [-0.25, -0.2) is 9.18 Å². The summed E-state index contributed by atoms with van der Waals surface area (Å²) >= 11 is 0. The fraction of sp³-hybridized carbons (Fsp3) is 0.444. The van der Waals surface area contributed by atoms with Crippen LogP contribution in [0, 0.1) is 5.82 Å². The van der Waals surface area contributed by atoms with E-state index in [1.165, 1.54) is 18.2 Å². The summed E-state index contributed by atoms with van der Waals surface area (Å²) in [6.45, 7) is 8.02. The van der Waals surface area contributed by atoms with E-state index in [9.17, 15) is 14.0 Å². The summed E-state index contributed by atoms with van der Waals surface area (Å²) in [5.41, 5.74) is 1.01. The molecule has 0 unspecified atom stereocenters. The van der Waals surface area contributed by atoms with Gasteiger partial charge < -0.3 is 15.4 Å². The Morgan fingerprint density at radius 2 is 1.71 bits per heavy atom. The molecule has 0 radical (unpaired) electrons. The maximum Gasteiger partial charge on any atom is 0.407 e. The third kappa shape index (κ3) is 8.31. The Morgan fingerprint density at radius 1 is 1.12 bits per heavy atom. The third-order valence-electron chi connectivity index (χ3n) is 2.97. The topological polar surface area (TPSA) is 67.4 Å². The van der Waals surface area contributed by atoms with Crippen LogP contribution in [0.3, 0.4) is 0 Å². The van der Waals surface area contributed by atoms with Crippen molar-refractivity contribution in [3.8, 4) is 0 Å². The molecule has 132 valence electrons. The summed E-state index contributed by atoms with van der Waals surface area (Å²) in [7, 11) is 0. The third-order valence-corrected chi connectivity index (χ3v) is 2.97. The molecule has 24 heavy (non-hydrogen) atoms. The minimum absolute atomic E-state index is 0.228. The number of alkyl carbamates (subject to hydrolysis) is 1. The second kappa shape index (κ2) is 9.05. The monoisotopic (exact) mass is 336 g/mol. The molecule has 0 fully saturated rings. The zero-order valence-electron chi connectivity index (χ0n) is 14.6. The average Bonchev–Trinajstić information content (AvgIpc) is 2.45. The SMILES string of the molecule is C/C(=C/C(=O)NCCCNC(=O)OC(C)(C)C)c1ccc(F)cc1. The molecule has 0 aliphatic heterocycles. The Morgan fingerprint density at radius 3 is 2.29 bits per heavy atom. The highest BCUT2D eigenvalue weighted by molar-refractivity contribution is 5.94. The fourth-order valence-electron chi connectivity index (χ4n) is 1.85. The number of benzene rings is 1. The van der Waals surface area contributed by atoms with E-state index in [0.717, 1.165) is 11.1 Å². The summed E-state index contributed by atoms with van der Waals surface area (Å²) in [5.74, 6) is -0.539. The van der Waals surface area contributed by atoms with Crippen molar-refractivity contribution in [1.29, 1.82) is 0 Å². The van der Waals surface area contributed by atoms with Gasteiger partial charge in [-0.15, -0.1) is 0 Å². The van der Waals surface area contributed by atoms with E-state index in [2.05, 4.69) is 10.6 Å². The van der Waals surface area contributed by atoms with Crippen molar-refractivity contribution >= 4 is 17.6 Å². The van der Waals surface area contributed by atoms with Crippen molar-refractivity contribution < 1.29 is 18.7 Å². The van der Waals surface area contributed by atoms with Gasteiger partial charge in [0.15, 0.2) is 0 Å². The highest BCUT2D eigenvalue weighted by Crippen LogP contribution is 2.13.